The summed E-state index contributed by atoms with van der Waals surface area (Å²) in [7, 11) is 1.58. The fraction of sp³-hybridized carbons (Fsp3) is 0.250. The predicted molar refractivity (Wildman–Crippen MR) is 115 cm³/mol. The first-order valence-electron chi connectivity index (χ1n) is 10.3. The number of nitrogens with one attached hydrogen (secondary N) is 1. The second kappa shape index (κ2) is 8.28. The first-order valence-corrected chi connectivity index (χ1v) is 10.3. The van der Waals surface area contributed by atoms with Gasteiger partial charge in [0.05, 0.1) is 26.0 Å². The second-order valence-corrected chi connectivity index (χ2v) is 7.53. The summed E-state index contributed by atoms with van der Waals surface area (Å²) in [5.41, 5.74) is 3.79. The molecule has 7 heteroatoms. The van der Waals surface area contributed by atoms with Crippen molar-refractivity contribution in [1.29, 1.82) is 0 Å². The highest BCUT2D eigenvalue weighted by Gasteiger charge is 2.26. The number of carbonyl (C=O) groups is 1. The molecule has 1 aliphatic rings. The SMILES string of the molecule is COc1cccc2cc(C(=O)NC[C@@H]3OCCc4cn(Cc5ccccc5)nc43)oc12. The molecule has 0 fully saturated rings. The van der Waals surface area contributed by atoms with Gasteiger partial charge in [0.15, 0.2) is 17.1 Å². The van der Waals surface area contributed by atoms with Crippen LogP contribution < -0.4 is 10.1 Å². The minimum atomic E-state index is -0.294. The lowest BCUT2D eigenvalue weighted by molar-refractivity contribution is 0.0380. The van der Waals surface area contributed by atoms with Gasteiger partial charge in [-0.2, -0.15) is 5.10 Å². The lowest BCUT2D eigenvalue weighted by atomic mass is 10.1. The van der Waals surface area contributed by atoms with E-state index in [1.807, 2.05) is 35.0 Å². The molecule has 0 radical (unpaired) electrons. The van der Waals surface area contributed by atoms with Crippen LogP contribution in [0.2, 0.25) is 0 Å². The van der Waals surface area contributed by atoms with Crippen molar-refractivity contribution in [3.05, 3.63) is 83.4 Å². The van der Waals surface area contributed by atoms with Crippen molar-refractivity contribution in [2.24, 2.45) is 0 Å². The Kier molecular flexibility index (Phi) is 5.18. The molecular formula is C24H23N3O4. The second-order valence-electron chi connectivity index (χ2n) is 7.53. The van der Waals surface area contributed by atoms with Crippen molar-refractivity contribution in [3.63, 3.8) is 0 Å². The maximum atomic E-state index is 12.7. The molecule has 2 aromatic carbocycles. The van der Waals surface area contributed by atoms with Crippen LogP contribution in [-0.2, 0) is 17.7 Å². The maximum absolute atomic E-state index is 12.7. The van der Waals surface area contributed by atoms with Gasteiger partial charge in [0.2, 0.25) is 0 Å². The number of aromatic nitrogens is 2. The summed E-state index contributed by atoms with van der Waals surface area (Å²) in [4.78, 5) is 12.7. The number of hydrogen-bond acceptors (Lipinski definition) is 5. The van der Waals surface area contributed by atoms with Crippen molar-refractivity contribution in [2.75, 3.05) is 20.3 Å². The van der Waals surface area contributed by atoms with Crippen LogP contribution in [-0.4, -0.2) is 35.9 Å². The van der Waals surface area contributed by atoms with Crippen LogP contribution in [0.4, 0.5) is 0 Å². The molecule has 158 valence electrons. The molecule has 31 heavy (non-hydrogen) atoms. The topological polar surface area (TPSA) is 78.5 Å². The van der Waals surface area contributed by atoms with Crippen LogP contribution in [0.25, 0.3) is 11.0 Å². The molecule has 1 atom stereocenters. The van der Waals surface area contributed by atoms with Crippen molar-refractivity contribution >= 4 is 16.9 Å². The van der Waals surface area contributed by atoms with Gasteiger partial charge in [-0.25, -0.2) is 0 Å². The Morgan fingerprint density at radius 2 is 2.10 bits per heavy atom. The molecule has 5 rings (SSSR count). The van der Waals surface area contributed by atoms with Gasteiger partial charge in [-0.05, 0) is 29.7 Å². The predicted octanol–water partition coefficient (Wildman–Crippen LogP) is 3.73. The Morgan fingerprint density at radius 1 is 1.23 bits per heavy atom. The Hall–Kier alpha value is -3.58. The van der Waals surface area contributed by atoms with E-state index in [-0.39, 0.29) is 17.8 Å². The number of benzene rings is 2. The number of nitrogens with zero attached hydrogens (tertiary/aromatic N) is 2. The number of para-hydroxylation sites is 1. The molecule has 7 nitrogen and oxygen atoms in total. The van der Waals surface area contributed by atoms with Crippen molar-refractivity contribution < 1.29 is 18.7 Å². The number of carbonyl (C=O) groups excluding carboxylic acids is 1. The number of furan rings is 1. The van der Waals surface area contributed by atoms with Gasteiger partial charge >= 0.3 is 0 Å². The molecular weight excluding hydrogens is 394 g/mol. The summed E-state index contributed by atoms with van der Waals surface area (Å²) in [5, 5.41) is 8.47. The quantitative estimate of drug-likeness (QED) is 0.517. The van der Waals surface area contributed by atoms with Gasteiger partial charge < -0.3 is 19.2 Å². The van der Waals surface area contributed by atoms with Crippen molar-refractivity contribution in [2.45, 2.75) is 19.1 Å². The highest BCUT2D eigenvalue weighted by Crippen LogP contribution is 2.29. The van der Waals surface area contributed by atoms with Crippen LogP contribution >= 0.6 is 0 Å². The third kappa shape index (κ3) is 3.92. The van der Waals surface area contributed by atoms with E-state index in [0.29, 0.717) is 31.0 Å². The van der Waals surface area contributed by atoms with Crippen molar-refractivity contribution in [3.8, 4) is 5.75 Å². The van der Waals surface area contributed by atoms with E-state index in [1.165, 1.54) is 5.56 Å². The molecule has 2 aromatic heterocycles. The Balaban J connectivity index is 1.29. The smallest absolute Gasteiger partial charge is 0.287 e. The van der Waals surface area contributed by atoms with E-state index in [0.717, 1.165) is 23.1 Å². The zero-order valence-electron chi connectivity index (χ0n) is 17.2. The van der Waals surface area contributed by atoms with Gasteiger partial charge in [-0.3, -0.25) is 9.48 Å². The van der Waals surface area contributed by atoms with Crippen LogP contribution in [0.15, 0.2) is 65.2 Å². The standard InChI is InChI=1S/C24H23N3O4/c1-29-19-9-5-8-17-12-20(31-23(17)19)24(28)25-13-21-22-18(10-11-30-21)15-27(26-22)14-16-6-3-2-4-7-16/h2-9,12,15,21H,10-11,13-14H2,1H3,(H,25,28)/t21-/m0/s1. The summed E-state index contributed by atoms with van der Waals surface area (Å²) >= 11 is 0. The van der Waals surface area contributed by atoms with Crippen LogP contribution in [0.5, 0.6) is 5.75 Å². The van der Waals surface area contributed by atoms with Gasteiger partial charge in [0, 0.05) is 18.1 Å². The number of ether oxygens (including phenoxy) is 2. The molecule has 0 aliphatic carbocycles. The van der Waals surface area contributed by atoms with E-state index in [2.05, 4.69) is 23.6 Å². The lowest BCUT2D eigenvalue weighted by Gasteiger charge is -2.22. The fourth-order valence-corrected chi connectivity index (χ4v) is 3.92. The molecule has 0 unspecified atom stereocenters. The van der Waals surface area contributed by atoms with Gasteiger partial charge in [-0.1, -0.05) is 42.5 Å². The number of hydrogen-bond donors (Lipinski definition) is 1. The Bertz CT molecular complexity index is 1210. The zero-order chi connectivity index (χ0) is 21.2. The molecule has 0 saturated carbocycles. The zero-order valence-corrected chi connectivity index (χ0v) is 17.2. The molecule has 1 amide bonds. The Morgan fingerprint density at radius 3 is 2.94 bits per heavy atom. The summed E-state index contributed by atoms with van der Waals surface area (Å²) in [6, 6.07) is 17.5. The fourth-order valence-electron chi connectivity index (χ4n) is 3.92. The minimum Gasteiger partial charge on any atom is -0.493 e. The van der Waals surface area contributed by atoms with E-state index >= 15 is 0 Å². The highest BCUT2D eigenvalue weighted by molar-refractivity contribution is 5.97. The minimum absolute atomic E-state index is 0.241. The maximum Gasteiger partial charge on any atom is 0.287 e. The van der Waals surface area contributed by atoms with Crippen molar-refractivity contribution in [1.82, 2.24) is 15.1 Å². The summed E-state index contributed by atoms with van der Waals surface area (Å²) < 4.78 is 18.9. The van der Waals surface area contributed by atoms with E-state index in [4.69, 9.17) is 19.0 Å². The summed E-state index contributed by atoms with van der Waals surface area (Å²) in [6.07, 6.45) is 2.60. The Labute approximate surface area is 179 Å². The van der Waals surface area contributed by atoms with Crippen LogP contribution in [0.3, 0.4) is 0 Å². The molecule has 3 heterocycles. The largest absolute Gasteiger partial charge is 0.493 e. The monoisotopic (exact) mass is 417 g/mol. The molecule has 4 aromatic rings. The molecule has 0 saturated heterocycles. The molecule has 1 N–H and O–H groups in total. The summed E-state index contributed by atoms with van der Waals surface area (Å²) in [6.45, 7) is 1.63. The number of rotatable bonds is 6. The number of fused-ring (bicyclic) bond motifs is 2. The number of methoxy groups -OCH3 is 1. The first kappa shape index (κ1) is 19.4. The normalized spacial score (nSPS) is 15.6. The van der Waals surface area contributed by atoms with Gasteiger partial charge in [0.25, 0.3) is 5.91 Å². The number of amides is 1. The van der Waals surface area contributed by atoms with Crippen LogP contribution in [0, 0.1) is 0 Å². The highest BCUT2D eigenvalue weighted by atomic mass is 16.5. The molecule has 0 spiro atoms. The lowest BCUT2D eigenvalue weighted by Crippen LogP contribution is -2.31. The van der Waals surface area contributed by atoms with Crippen LogP contribution in [0.1, 0.15) is 33.5 Å². The molecule has 0 bridgehead atoms. The average Bonchev–Trinajstić information content (AvgIpc) is 3.42. The van der Waals surface area contributed by atoms with Gasteiger partial charge in [0.1, 0.15) is 6.10 Å². The van der Waals surface area contributed by atoms with Gasteiger partial charge in [-0.15, -0.1) is 0 Å². The van der Waals surface area contributed by atoms with E-state index in [1.54, 1.807) is 19.2 Å². The summed E-state index contributed by atoms with van der Waals surface area (Å²) in [5.74, 6) is 0.545. The third-order valence-corrected chi connectivity index (χ3v) is 5.45. The first-order chi connectivity index (χ1) is 15.2. The average molecular weight is 417 g/mol. The third-order valence-electron chi connectivity index (χ3n) is 5.45. The molecule has 1 aliphatic heterocycles. The van der Waals surface area contributed by atoms with E-state index < -0.39 is 0 Å². The van der Waals surface area contributed by atoms with E-state index in [9.17, 15) is 4.79 Å².